The molecule has 0 aliphatic carbocycles. The molecule has 0 spiro atoms. The summed E-state index contributed by atoms with van der Waals surface area (Å²) in [6, 6.07) is 3.05. The van der Waals surface area contributed by atoms with Crippen LogP contribution >= 0.6 is 0 Å². The quantitative estimate of drug-likeness (QED) is 0.183. The molecule has 13 heteroatoms. The smallest absolute Gasteiger partial charge is 0.432 e. The molecule has 3 nitrogen and oxygen atoms in total. The molecule has 2 atom stereocenters. The van der Waals surface area contributed by atoms with Crippen LogP contribution in [0.3, 0.4) is 0 Å². The van der Waals surface area contributed by atoms with E-state index in [2.05, 4.69) is 4.74 Å². The minimum atomic E-state index is -4.84. The van der Waals surface area contributed by atoms with Crippen molar-refractivity contribution in [3.05, 3.63) is 82.9 Å². The number of halogens is 10. The van der Waals surface area contributed by atoms with Crippen molar-refractivity contribution in [3.63, 3.8) is 0 Å². The maximum Gasteiger partial charge on any atom is 0.432 e. The molecule has 1 heterocycles. The summed E-state index contributed by atoms with van der Waals surface area (Å²) in [5, 5.41) is 0. The van der Waals surface area contributed by atoms with Gasteiger partial charge >= 0.3 is 12.2 Å². The lowest BCUT2D eigenvalue weighted by molar-refractivity contribution is -0.241. The van der Waals surface area contributed by atoms with Gasteiger partial charge in [0, 0.05) is 23.8 Å². The lowest BCUT2D eigenvalue weighted by Gasteiger charge is -2.33. The molecule has 1 aliphatic heterocycles. The van der Waals surface area contributed by atoms with Crippen LogP contribution in [0.2, 0.25) is 0 Å². The van der Waals surface area contributed by atoms with Crippen LogP contribution in [0, 0.1) is 40.8 Å². The van der Waals surface area contributed by atoms with E-state index in [1.807, 2.05) is 6.92 Å². The fraction of sp³-hybridized carbons (Fsp3) is 0.357. The van der Waals surface area contributed by atoms with E-state index in [9.17, 15) is 43.9 Å². The van der Waals surface area contributed by atoms with Crippen molar-refractivity contribution in [3.8, 4) is 22.6 Å². The highest BCUT2D eigenvalue weighted by Crippen LogP contribution is 2.40. The summed E-state index contributed by atoms with van der Waals surface area (Å²) in [5.74, 6) is -14.0. The topological polar surface area (TPSA) is 27.7 Å². The lowest BCUT2D eigenvalue weighted by Crippen LogP contribution is -2.41. The molecular weight excluding hydrogens is 574 g/mol. The van der Waals surface area contributed by atoms with Crippen molar-refractivity contribution in [2.24, 2.45) is 5.92 Å². The second-order valence-corrected chi connectivity index (χ2v) is 9.46. The van der Waals surface area contributed by atoms with Crippen LogP contribution in [-0.2, 0) is 10.8 Å². The number of hydrogen-bond donors (Lipinski definition) is 0. The van der Waals surface area contributed by atoms with Crippen LogP contribution in [0.25, 0.3) is 11.1 Å². The molecule has 1 saturated heterocycles. The molecule has 4 rings (SSSR count). The third-order valence-corrected chi connectivity index (χ3v) is 6.50. The highest BCUT2D eigenvalue weighted by atomic mass is 19.3. The predicted octanol–water partition coefficient (Wildman–Crippen LogP) is 8.88. The summed E-state index contributed by atoms with van der Waals surface area (Å²) < 4.78 is 157. The molecule has 0 amide bonds. The maximum absolute atomic E-state index is 14.8. The molecule has 0 saturated carbocycles. The Kier molecular flexibility index (Phi) is 8.76. The molecule has 0 N–H and O–H groups in total. The van der Waals surface area contributed by atoms with Gasteiger partial charge in [0.25, 0.3) is 0 Å². The third kappa shape index (κ3) is 6.71. The van der Waals surface area contributed by atoms with Crippen molar-refractivity contribution >= 4 is 0 Å². The first-order valence-electron chi connectivity index (χ1n) is 12.4. The zero-order chi connectivity index (χ0) is 30.1. The predicted molar refractivity (Wildman–Crippen MR) is 126 cm³/mol. The number of ether oxygens (including phenoxy) is 3. The SMILES string of the molecule is CCCC1CCC(C(F)(F)Oc2ccc(-c3cc(F)c(C(F)(F)Oc4cc(F)c(F)c(F)c4)c(F)c3)c(F)c2)CO1. The van der Waals surface area contributed by atoms with Gasteiger partial charge in [0.05, 0.1) is 18.6 Å². The zero-order valence-corrected chi connectivity index (χ0v) is 21.2. The monoisotopic (exact) mass is 596 g/mol. The molecular formula is C28H22F10O3. The second-order valence-electron chi connectivity index (χ2n) is 9.46. The van der Waals surface area contributed by atoms with Gasteiger partial charge in [-0.3, -0.25) is 0 Å². The first-order chi connectivity index (χ1) is 19.2. The molecule has 3 aromatic carbocycles. The summed E-state index contributed by atoms with van der Waals surface area (Å²) >= 11 is 0. The summed E-state index contributed by atoms with van der Waals surface area (Å²) in [6.07, 6.45) is -6.61. The fourth-order valence-corrected chi connectivity index (χ4v) is 4.45. The molecule has 0 bridgehead atoms. The minimum Gasteiger partial charge on any atom is -0.432 e. The Morgan fingerprint density at radius 2 is 1.37 bits per heavy atom. The van der Waals surface area contributed by atoms with E-state index in [0.717, 1.165) is 25.0 Å². The normalized spacial score (nSPS) is 17.9. The lowest BCUT2D eigenvalue weighted by atomic mass is 9.95. The van der Waals surface area contributed by atoms with Crippen LogP contribution in [0.15, 0.2) is 42.5 Å². The summed E-state index contributed by atoms with van der Waals surface area (Å²) in [5.41, 5.74) is -3.11. The number of alkyl halides is 4. The summed E-state index contributed by atoms with van der Waals surface area (Å²) in [4.78, 5) is 0. The Balaban J connectivity index is 1.52. The molecule has 3 aromatic rings. The summed E-state index contributed by atoms with van der Waals surface area (Å²) in [6.45, 7) is 1.68. The van der Waals surface area contributed by atoms with Crippen LogP contribution in [0.5, 0.6) is 11.5 Å². The molecule has 41 heavy (non-hydrogen) atoms. The molecule has 2 unspecified atom stereocenters. The van der Waals surface area contributed by atoms with Gasteiger partial charge in [0.1, 0.15) is 34.5 Å². The van der Waals surface area contributed by atoms with E-state index >= 15 is 0 Å². The van der Waals surface area contributed by atoms with E-state index in [4.69, 9.17) is 9.47 Å². The number of hydrogen-bond acceptors (Lipinski definition) is 3. The van der Waals surface area contributed by atoms with Gasteiger partial charge in [-0.2, -0.15) is 17.6 Å². The highest BCUT2D eigenvalue weighted by Gasteiger charge is 2.45. The van der Waals surface area contributed by atoms with Crippen LogP contribution < -0.4 is 9.47 Å². The molecule has 0 aromatic heterocycles. The molecule has 0 radical (unpaired) electrons. The fourth-order valence-electron chi connectivity index (χ4n) is 4.45. The van der Waals surface area contributed by atoms with Crippen molar-refractivity contribution < 1.29 is 58.1 Å². The van der Waals surface area contributed by atoms with Crippen molar-refractivity contribution in [2.75, 3.05) is 6.61 Å². The highest BCUT2D eigenvalue weighted by molar-refractivity contribution is 5.66. The van der Waals surface area contributed by atoms with Gasteiger partial charge in [0.15, 0.2) is 17.5 Å². The summed E-state index contributed by atoms with van der Waals surface area (Å²) in [7, 11) is 0. The third-order valence-electron chi connectivity index (χ3n) is 6.50. The van der Waals surface area contributed by atoms with E-state index in [1.165, 1.54) is 0 Å². The number of rotatable bonds is 9. The second kappa shape index (κ2) is 11.8. The van der Waals surface area contributed by atoms with E-state index in [1.54, 1.807) is 0 Å². The first kappa shape index (κ1) is 30.5. The van der Waals surface area contributed by atoms with Gasteiger partial charge < -0.3 is 14.2 Å². The van der Waals surface area contributed by atoms with Crippen molar-refractivity contribution in [1.82, 2.24) is 0 Å². The van der Waals surface area contributed by atoms with Gasteiger partial charge in [0.2, 0.25) is 0 Å². The van der Waals surface area contributed by atoms with Crippen molar-refractivity contribution in [2.45, 2.75) is 50.9 Å². The standard InChI is InChI=1S/C28H22F10O3/c1-2-3-16-5-4-15(13-39-16)27(35,36)40-17-6-7-19(20(29)10-17)14-8-21(30)25(22(31)9-14)28(37,38)41-18-11-23(32)26(34)24(33)12-18/h6-12,15-16H,2-5,13H2,1H3. The minimum absolute atomic E-state index is 0.0451. The average molecular weight is 596 g/mol. The maximum atomic E-state index is 14.8. The van der Waals surface area contributed by atoms with Crippen LogP contribution in [0.1, 0.15) is 38.2 Å². The molecule has 1 fully saturated rings. The van der Waals surface area contributed by atoms with E-state index in [-0.39, 0.29) is 31.3 Å². The van der Waals surface area contributed by atoms with E-state index < -0.39 is 81.2 Å². The van der Waals surface area contributed by atoms with Gasteiger partial charge in [-0.1, -0.05) is 13.3 Å². The Morgan fingerprint density at radius 3 is 1.90 bits per heavy atom. The number of benzene rings is 3. The van der Waals surface area contributed by atoms with E-state index in [0.29, 0.717) is 24.6 Å². The Morgan fingerprint density at radius 1 is 0.756 bits per heavy atom. The Hall–Kier alpha value is -3.48. The van der Waals surface area contributed by atoms with Gasteiger partial charge in [-0.05, 0) is 49.1 Å². The average Bonchev–Trinajstić information content (AvgIpc) is 2.86. The zero-order valence-electron chi connectivity index (χ0n) is 21.2. The van der Waals surface area contributed by atoms with Crippen molar-refractivity contribution in [1.29, 1.82) is 0 Å². The van der Waals surface area contributed by atoms with Gasteiger partial charge in [-0.15, -0.1) is 0 Å². The Labute approximate surface area is 227 Å². The largest absolute Gasteiger partial charge is 0.432 e. The van der Waals surface area contributed by atoms with Crippen LogP contribution in [0.4, 0.5) is 43.9 Å². The van der Waals surface area contributed by atoms with Crippen LogP contribution in [-0.4, -0.2) is 18.8 Å². The molecule has 222 valence electrons. The Bertz CT molecular complexity index is 1360. The molecule has 1 aliphatic rings. The first-order valence-corrected chi connectivity index (χ1v) is 12.4. The van der Waals surface area contributed by atoms with Gasteiger partial charge in [-0.25, -0.2) is 26.3 Å².